The summed E-state index contributed by atoms with van der Waals surface area (Å²) in [6, 6.07) is 4.03. The summed E-state index contributed by atoms with van der Waals surface area (Å²) in [4.78, 5) is 0. The van der Waals surface area contributed by atoms with Gasteiger partial charge in [0.1, 0.15) is 11.5 Å². The zero-order valence-electron chi connectivity index (χ0n) is 7.43. The second-order valence-electron chi connectivity index (χ2n) is 2.78. The van der Waals surface area contributed by atoms with Crippen molar-refractivity contribution in [1.82, 2.24) is 0 Å². The maximum atomic E-state index is 5.51. The lowest BCUT2D eigenvalue weighted by Crippen LogP contribution is -1.74. The highest BCUT2D eigenvalue weighted by Crippen LogP contribution is 2.12. The van der Waals surface area contributed by atoms with Gasteiger partial charge in [0, 0.05) is 11.8 Å². The van der Waals surface area contributed by atoms with E-state index in [0.717, 1.165) is 23.3 Å². The van der Waals surface area contributed by atoms with Gasteiger partial charge in [0.05, 0.1) is 0 Å². The molecule has 1 heterocycles. The Kier molecular flexibility index (Phi) is 3.60. The van der Waals surface area contributed by atoms with Crippen LogP contribution in [0.1, 0.15) is 25.4 Å². The van der Waals surface area contributed by atoms with Crippen LogP contribution in [0.4, 0.5) is 0 Å². The van der Waals surface area contributed by atoms with Gasteiger partial charge in [-0.15, -0.1) is 0 Å². The van der Waals surface area contributed by atoms with Crippen molar-refractivity contribution in [3.63, 3.8) is 0 Å². The fraction of sp³-hybridized carbons (Fsp3) is 0.400. The lowest BCUT2D eigenvalue weighted by molar-refractivity contribution is 0.507. The lowest BCUT2D eigenvalue weighted by Gasteiger charge is -1.91. The average molecular weight is 229 g/mol. The van der Waals surface area contributed by atoms with Crippen LogP contribution in [-0.2, 0) is 6.42 Å². The molecule has 0 spiro atoms. The molecule has 1 nitrogen and oxygen atoms in total. The molecular weight excluding hydrogens is 216 g/mol. The summed E-state index contributed by atoms with van der Waals surface area (Å²) in [6.45, 7) is 4.16. The Labute approximate surface area is 81.6 Å². The molecule has 0 fully saturated rings. The van der Waals surface area contributed by atoms with Gasteiger partial charge in [-0.25, -0.2) is 0 Å². The van der Waals surface area contributed by atoms with Crippen molar-refractivity contribution in [2.75, 3.05) is 5.33 Å². The average Bonchev–Trinajstić information content (AvgIpc) is 2.52. The van der Waals surface area contributed by atoms with Gasteiger partial charge in [-0.3, -0.25) is 0 Å². The van der Waals surface area contributed by atoms with Crippen LogP contribution in [0.2, 0.25) is 0 Å². The number of rotatable bonds is 3. The van der Waals surface area contributed by atoms with E-state index in [2.05, 4.69) is 29.8 Å². The molecule has 2 heteroatoms. The third kappa shape index (κ3) is 2.52. The SMILES string of the molecule is CCc1ccc(C=C(C)CBr)o1. The quantitative estimate of drug-likeness (QED) is 0.721. The van der Waals surface area contributed by atoms with E-state index in [0.29, 0.717) is 0 Å². The van der Waals surface area contributed by atoms with Gasteiger partial charge >= 0.3 is 0 Å². The van der Waals surface area contributed by atoms with E-state index >= 15 is 0 Å². The van der Waals surface area contributed by atoms with Crippen molar-refractivity contribution in [3.8, 4) is 0 Å². The molecule has 0 aliphatic carbocycles. The molecule has 0 atom stereocenters. The first kappa shape index (κ1) is 9.59. The van der Waals surface area contributed by atoms with Crippen LogP contribution in [0.3, 0.4) is 0 Å². The highest BCUT2D eigenvalue weighted by molar-refractivity contribution is 9.09. The molecule has 0 aromatic carbocycles. The summed E-state index contributed by atoms with van der Waals surface area (Å²) in [5.74, 6) is 1.99. The van der Waals surface area contributed by atoms with Crippen LogP contribution in [0, 0.1) is 0 Å². The predicted molar refractivity (Wildman–Crippen MR) is 55.5 cm³/mol. The summed E-state index contributed by atoms with van der Waals surface area (Å²) in [6.07, 6.45) is 3.01. The number of allylic oxidation sites excluding steroid dienone is 1. The minimum Gasteiger partial charge on any atom is -0.462 e. The predicted octanol–water partition coefficient (Wildman–Crippen LogP) is 3.64. The Hall–Kier alpha value is -0.500. The molecule has 66 valence electrons. The second kappa shape index (κ2) is 4.51. The lowest BCUT2D eigenvalue weighted by atomic mass is 10.3. The minimum atomic E-state index is 0.898. The van der Waals surface area contributed by atoms with E-state index in [4.69, 9.17) is 4.42 Å². The smallest absolute Gasteiger partial charge is 0.127 e. The topological polar surface area (TPSA) is 13.1 Å². The Bertz CT molecular complexity index is 273. The standard InChI is InChI=1S/C10H13BrO/c1-3-9-4-5-10(12-9)6-8(2)7-11/h4-6H,3,7H2,1-2H3. The largest absolute Gasteiger partial charge is 0.462 e. The molecule has 1 aromatic rings. The van der Waals surface area contributed by atoms with E-state index in [9.17, 15) is 0 Å². The molecule has 0 aliphatic heterocycles. The van der Waals surface area contributed by atoms with E-state index < -0.39 is 0 Å². The summed E-state index contributed by atoms with van der Waals surface area (Å²) >= 11 is 3.39. The van der Waals surface area contributed by atoms with E-state index in [1.54, 1.807) is 0 Å². The number of furan rings is 1. The van der Waals surface area contributed by atoms with Crippen LogP contribution in [0.5, 0.6) is 0 Å². The number of hydrogen-bond donors (Lipinski definition) is 0. The molecule has 0 bridgehead atoms. The summed E-state index contributed by atoms with van der Waals surface area (Å²) in [5.41, 5.74) is 1.27. The monoisotopic (exact) mass is 228 g/mol. The number of halogens is 1. The van der Waals surface area contributed by atoms with Gasteiger partial charge in [0.15, 0.2) is 0 Å². The summed E-state index contributed by atoms with van der Waals surface area (Å²) in [5, 5.41) is 0.898. The molecule has 0 unspecified atom stereocenters. The van der Waals surface area contributed by atoms with Gasteiger partial charge in [-0.1, -0.05) is 28.4 Å². The summed E-state index contributed by atoms with van der Waals surface area (Å²) in [7, 11) is 0. The van der Waals surface area contributed by atoms with Gasteiger partial charge in [-0.05, 0) is 25.1 Å². The van der Waals surface area contributed by atoms with Crippen molar-refractivity contribution < 1.29 is 4.42 Å². The van der Waals surface area contributed by atoms with Crippen molar-refractivity contribution in [2.45, 2.75) is 20.3 Å². The third-order valence-electron chi connectivity index (χ3n) is 1.63. The van der Waals surface area contributed by atoms with Gasteiger partial charge in [0.25, 0.3) is 0 Å². The summed E-state index contributed by atoms with van der Waals surface area (Å²) < 4.78 is 5.51. The Morgan fingerprint density at radius 1 is 1.58 bits per heavy atom. The first-order chi connectivity index (χ1) is 5.76. The number of hydrogen-bond acceptors (Lipinski definition) is 1. The van der Waals surface area contributed by atoms with Crippen LogP contribution in [0.25, 0.3) is 6.08 Å². The number of aryl methyl sites for hydroxylation is 1. The molecule has 0 N–H and O–H groups in total. The highest BCUT2D eigenvalue weighted by atomic mass is 79.9. The second-order valence-corrected chi connectivity index (χ2v) is 3.34. The van der Waals surface area contributed by atoms with Crippen LogP contribution in [0.15, 0.2) is 22.1 Å². The zero-order chi connectivity index (χ0) is 8.97. The van der Waals surface area contributed by atoms with Crippen LogP contribution < -0.4 is 0 Å². The van der Waals surface area contributed by atoms with E-state index in [1.807, 2.05) is 18.2 Å². The molecule has 1 aromatic heterocycles. The van der Waals surface area contributed by atoms with Gasteiger partial charge < -0.3 is 4.42 Å². The molecule has 0 radical (unpaired) electrons. The van der Waals surface area contributed by atoms with Crippen molar-refractivity contribution in [3.05, 3.63) is 29.2 Å². The highest BCUT2D eigenvalue weighted by Gasteiger charge is 1.96. The Balaban J connectivity index is 2.76. The van der Waals surface area contributed by atoms with E-state index in [1.165, 1.54) is 5.57 Å². The van der Waals surface area contributed by atoms with Crippen LogP contribution in [-0.4, -0.2) is 5.33 Å². The molecule has 12 heavy (non-hydrogen) atoms. The molecular formula is C10H13BrO. The molecule has 1 rings (SSSR count). The first-order valence-corrected chi connectivity index (χ1v) is 5.20. The number of alkyl halides is 1. The van der Waals surface area contributed by atoms with Crippen molar-refractivity contribution in [2.24, 2.45) is 0 Å². The normalized spacial score (nSPS) is 12.1. The zero-order valence-corrected chi connectivity index (χ0v) is 9.02. The Morgan fingerprint density at radius 3 is 2.83 bits per heavy atom. The maximum absolute atomic E-state index is 5.51. The first-order valence-electron chi connectivity index (χ1n) is 4.08. The third-order valence-corrected chi connectivity index (χ3v) is 2.51. The fourth-order valence-corrected chi connectivity index (χ4v) is 1.11. The fourth-order valence-electron chi connectivity index (χ4n) is 0.944. The Morgan fingerprint density at radius 2 is 2.33 bits per heavy atom. The van der Waals surface area contributed by atoms with Crippen molar-refractivity contribution >= 4 is 22.0 Å². The molecule has 0 aliphatic rings. The van der Waals surface area contributed by atoms with Gasteiger partial charge in [-0.2, -0.15) is 0 Å². The minimum absolute atomic E-state index is 0.898. The van der Waals surface area contributed by atoms with E-state index in [-0.39, 0.29) is 0 Å². The molecule has 0 saturated carbocycles. The van der Waals surface area contributed by atoms with Crippen molar-refractivity contribution in [1.29, 1.82) is 0 Å². The maximum Gasteiger partial charge on any atom is 0.127 e. The molecule has 0 amide bonds. The van der Waals surface area contributed by atoms with Gasteiger partial charge in [0.2, 0.25) is 0 Å². The van der Waals surface area contributed by atoms with Crippen LogP contribution >= 0.6 is 15.9 Å². The molecule has 0 saturated heterocycles.